The average Bonchev–Trinajstić information content (AvgIpc) is 2.24. The molecule has 2 rings (SSSR count). The third kappa shape index (κ3) is 1.99. The summed E-state index contributed by atoms with van der Waals surface area (Å²) in [5.74, 6) is -1.86. The van der Waals surface area contributed by atoms with Crippen molar-refractivity contribution in [2.75, 3.05) is 5.32 Å². The Hall–Kier alpha value is -2.18. The van der Waals surface area contributed by atoms with Crippen molar-refractivity contribution >= 4 is 17.3 Å². The van der Waals surface area contributed by atoms with E-state index in [0.717, 1.165) is 18.6 Å². The average molecular weight is 254 g/mol. The molecule has 1 aliphatic carbocycles. The minimum absolute atomic E-state index is 0.0253. The van der Waals surface area contributed by atoms with Crippen LogP contribution in [0.15, 0.2) is 18.2 Å². The van der Waals surface area contributed by atoms with E-state index in [0.29, 0.717) is 12.8 Å². The number of aliphatic carboxylic acids is 1. The lowest BCUT2D eigenvalue weighted by Gasteiger charge is -2.39. The second kappa shape index (κ2) is 4.25. The molecule has 7 heteroatoms. The molecular weight excluding hydrogens is 243 g/mol. The van der Waals surface area contributed by atoms with Crippen molar-refractivity contribution in [1.29, 1.82) is 0 Å². The van der Waals surface area contributed by atoms with Crippen LogP contribution in [-0.4, -0.2) is 21.5 Å². The standard InChI is InChI=1S/C11H11FN2O4/c12-8-6-7(14(17)18)2-3-9(8)13-11(10(15)16)4-1-5-11/h2-3,6,13H,1,4-5H2,(H,15,16). The van der Waals surface area contributed by atoms with E-state index in [1.54, 1.807) is 0 Å². The monoisotopic (exact) mass is 254 g/mol. The molecule has 0 aromatic heterocycles. The van der Waals surface area contributed by atoms with Crippen molar-refractivity contribution in [3.05, 3.63) is 34.1 Å². The molecule has 6 nitrogen and oxygen atoms in total. The molecule has 0 atom stereocenters. The number of carboxylic acid groups (broad SMARTS) is 1. The Labute approximate surface area is 102 Å². The van der Waals surface area contributed by atoms with Gasteiger partial charge in [-0.15, -0.1) is 0 Å². The van der Waals surface area contributed by atoms with Gasteiger partial charge in [0.25, 0.3) is 5.69 Å². The van der Waals surface area contributed by atoms with Gasteiger partial charge in [-0.1, -0.05) is 0 Å². The molecule has 1 aromatic carbocycles. The molecule has 0 bridgehead atoms. The summed E-state index contributed by atoms with van der Waals surface area (Å²) in [7, 11) is 0. The van der Waals surface area contributed by atoms with Crippen LogP contribution in [0.3, 0.4) is 0 Å². The molecule has 0 heterocycles. The van der Waals surface area contributed by atoms with Gasteiger partial charge in [0, 0.05) is 6.07 Å². The minimum atomic E-state index is -1.14. The Balaban J connectivity index is 2.24. The number of hydrogen-bond donors (Lipinski definition) is 2. The van der Waals surface area contributed by atoms with Crippen LogP contribution in [0.2, 0.25) is 0 Å². The Morgan fingerprint density at radius 1 is 1.50 bits per heavy atom. The van der Waals surface area contributed by atoms with E-state index in [1.807, 2.05) is 0 Å². The Morgan fingerprint density at radius 3 is 2.56 bits per heavy atom. The number of rotatable bonds is 4. The Bertz CT molecular complexity index is 514. The molecule has 1 saturated carbocycles. The smallest absolute Gasteiger partial charge is 0.329 e. The molecule has 18 heavy (non-hydrogen) atoms. The van der Waals surface area contributed by atoms with E-state index < -0.39 is 22.2 Å². The lowest BCUT2D eigenvalue weighted by atomic mass is 9.76. The van der Waals surface area contributed by atoms with Crippen LogP contribution in [-0.2, 0) is 4.79 Å². The lowest BCUT2D eigenvalue weighted by molar-refractivity contribution is -0.385. The van der Waals surface area contributed by atoms with Crippen molar-refractivity contribution in [2.45, 2.75) is 24.8 Å². The maximum atomic E-state index is 13.6. The van der Waals surface area contributed by atoms with Gasteiger partial charge in [0.1, 0.15) is 5.54 Å². The topological polar surface area (TPSA) is 92.5 Å². The number of anilines is 1. The number of benzene rings is 1. The van der Waals surface area contributed by atoms with Gasteiger partial charge in [0.05, 0.1) is 16.7 Å². The summed E-state index contributed by atoms with van der Waals surface area (Å²) >= 11 is 0. The van der Waals surface area contributed by atoms with Gasteiger partial charge in [-0.25, -0.2) is 9.18 Å². The highest BCUT2D eigenvalue weighted by atomic mass is 19.1. The van der Waals surface area contributed by atoms with E-state index in [2.05, 4.69) is 5.32 Å². The van der Waals surface area contributed by atoms with Crippen LogP contribution in [0.5, 0.6) is 0 Å². The SMILES string of the molecule is O=C(O)C1(Nc2ccc([N+](=O)[O-])cc2F)CCC1. The quantitative estimate of drug-likeness (QED) is 0.634. The fraction of sp³-hybridized carbons (Fsp3) is 0.364. The number of nitro benzene ring substituents is 1. The summed E-state index contributed by atoms with van der Waals surface area (Å²) in [4.78, 5) is 20.8. The van der Waals surface area contributed by atoms with Crippen LogP contribution in [0, 0.1) is 15.9 Å². The third-order valence-electron chi connectivity index (χ3n) is 3.15. The zero-order valence-corrected chi connectivity index (χ0v) is 9.35. The predicted octanol–water partition coefficient (Wildman–Crippen LogP) is 2.15. The van der Waals surface area contributed by atoms with Gasteiger partial charge in [-0.2, -0.15) is 0 Å². The summed E-state index contributed by atoms with van der Waals surface area (Å²) < 4.78 is 13.6. The molecule has 96 valence electrons. The van der Waals surface area contributed by atoms with Gasteiger partial charge in [0.2, 0.25) is 0 Å². The highest BCUT2D eigenvalue weighted by Crippen LogP contribution is 2.36. The maximum absolute atomic E-state index is 13.6. The summed E-state index contributed by atoms with van der Waals surface area (Å²) in [6, 6.07) is 3.10. The van der Waals surface area contributed by atoms with Gasteiger partial charge in [-0.3, -0.25) is 10.1 Å². The minimum Gasteiger partial charge on any atom is -0.480 e. The molecule has 0 saturated heterocycles. The van der Waals surface area contributed by atoms with Crippen LogP contribution in [0.1, 0.15) is 19.3 Å². The predicted molar refractivity (Wildman–Crippen MR) is 60.9 cm³/mol. The van der Waals surface area contributed by atoms with E-state index in [-0.39, 0.29) is 11.4 Å². The molecule has 0 unspecified atom stereocenters. The van der Waals surface area contributed by atoms with Gasteiger partial charge in [-0.05, 0) is 25.3 Å². The summed E-state index contributed by atoms with van der Waals surface area (Å²) in [6.07, 6.45) is 1.59. The fourth-order valence-electron chi connectivity index (χ4n) is 1.90. The maximum Gasteiger partial charge on any atom is 0.329 e. The molecule has 0 amide bonds. The Morgan fingerprint density at radius 2 is 2.17 bits per heavy atom. The molecule has 1 fully saturated rings. The molecule has 1 aromatic rings. The van der Waals surface area contributed by atoms with Crippen LogP contribution in [0.25, 0.3) is 0 Å². The van der Waals surface area contributed by atoms with Crippen molar-refractivity contribution < 1.29 is 19.2 Å². The molecular formula is C11H11FN2O4. The van der Waals surface area contributed by atoms with E-state index in [9.17, 15) is 19.3 Å². The number of nitrogens with zero attached hydrogens (tertiary/aromatic N) is 1. The van der Waals surface area contributed by atoms with Crippen molar-refractivity contribution in [3.8, 4) is 0 Å². The number of carbonyl (C=O) groups is 1. The zero-order valence-electron chi connectivity index (χ0n) is 9.35. The largest absolute Gasteiger partial charge is 0.480 e. The van der Waals surface area contributed by atoms with Crippen LogP contribution >= 0.6 is 0 Å². The number of halogens is 1. The van der Waals surface area contributed by atoms with Gasteiger partial charge >= 0.3 is 5.97 Å². The number of carboxylic acids is 1. The first-order chi connectivity index (χ1) is 8.44. The molecule has 0 radical (unpaired) electrons. The van der Waals surface area contributed by atoms with Crippen molar-refractivity contribution in [1.82, 2.24) is 0 Å². The number of nitrogens with one attached hydrogen (secondary N) is 1. The van der Waals surface area contributed by atoms with E-state index >= 15 is 0 Å². The third-order valence-corrected chi connectivity index (χ3v) is 3.15. The first kappa shape index (κ1) is 12.3. The van der Waals surface area contributed by atoms with Crippen molar-refractivity contribution in [3.63, 3.8) is 0 Å². The first-order valence-electron chi connectivity index (χ1n) is 5.40. The number of non-ortho nitro benzene ring substituents is 1. The fourth-order valence-corrected chi connectivity index (χ4v) is 1.90. The molecule has 0 spiro atoms. The van der Waals surface area contributed by atoms with Crippen molar-refractivity contribution in [2.24, 2.45) is 0 Å². The zero-order chi connectivity index (χ0) is 13.3. The van der Waals surface area contributed by atoms with E-state index in [1.165, 1.54) is 6.07 Å². The number of nitro groups is 1. The summed E-state index contributed by atoms with van der Waals surface area (Å²) in [5.41, 5.74) is -1.53. The normalized spacial score (nSPS) is 16.7. The molecule has 0 aliphatic heterocycles. The molecule has 1 aliphatic rings. The van der Waals surface area contributed by atoms with Crippen LogP contribution < -0.4 is 5.32 Å². The van der Waals surface area contributed by atoms with Crippen LogP contribution in [0.4, 0.5) is 15.8 Å². The Kier molecular flexibility index (Phi) is 2.90. The number of hydrogen-bond acceptors (Lipinski definition) is 4. The second-order valence-electron chi connectivity index (χ2n) is 4.29. The highest BCUT2D eigenvalue weighted by Gasteiger charge is 2.44. The summed E-state index contributed by atoms with van der Waals surface area (Å²) in [6.45, 7) is 0. The lowest BCUT2D eigenvalue weighted by Crippen LogP contribution is -2.52. The van der Waals surface area contributed by atoms with Gasteiger partial charge in [0.15, 0.2) is 5.82 Å². The molecule has 2 N–H and O–H groups in total. The van der Waals surface area contributed by atoms with Gasteiger partial charge < -0.3 is 10.4 Å². The highest BCUT2D eigenvalue weighted by molar-refractivity contribution is 5.84. The summed E-state index contributed by atoms with van der Waals surface area (Å²) in [5, 5.41) is 22.2. The van der Waals surface area contributed by atoms with E-state index in [4.69, 9.17) is 5.11 Å². The second-order valence-corrected chi connectivity index (χ2v) is 4.29. The first-order valence-corrected chi connectivity index (χ1v) is 5.40.